The van der Waals surface area contributed by atoms with Gasteiger partial charge in [-0.25, -0.2) is 4.39 Å². The predicted molar refractivity (Wildman–Crippen MR) is 49.0 cm³/mol. The molecular weight excluding hydrogens is 226 g/mol. The first-order chi connectivity index (χ1) is 7.30. The molecule has 88 valence electrons. The largest absolute Gasteiger partial charge is 0.471 e. The van der Waals surface area contributed by atoms with E-state index in [1.807, 2.05) is 0 Å². The summed E-state index contributed by atoms with van der Waals surface area (Å²) < 4.78 is 48.3. The summed E-state index contributed by atoms with van der Waals surface area (Å²) in [7, 11) is 0. The average molecular weight is 235 g/mol. The van der Waals surface area contributed by atoms with Gasteiger partial charge in [-0.15, -0.1) is 0 Å². The smallest absolute Gasteiger partial charge is 0.342 e. The summed E-state index contributed by atoms with van der Waals surface area (Å²) in [5.41, 5.74) is 0.402. The molecule has 1 N–H and O–H groups in total. The van der Waals surface area contributed by atoms with Crippen LogP contribution in [0, 0.1) is 5.82 Å². The quantitative estimate of drug-likeness (QED) is 0.784. The fourth-order valence-corrected chi connectivity index (χ4v) is 1.11. The molecule has 0 fully saturated rings. The van der Waals surface area contributed by atoms with Gasteiger partial charge in [0.25, 0.3) is 0 Å². The first-order valence-corrected chi connectivity index (χ1v) is 4.44. The maximum Gasteiger partial charge on any atom is 0.471 e. The topological polar surface area (TPSA) is 29.1 Å². The molecule has 1 aromatic rings. The zero-order valence-corrected chi connectivity index (χ0v) is 8.31. The second-order valence-corrected chi connectivity index (χ2v) is 3.24. The number of hydrogen-bond acceptors (Lipinski definition) is 1. The lowest BCUT2D eigenvalue weighted by Crippen LogP contribution is -2.38. The van der Waals surface area contributed by atoms with Crippen molar-refractivity contribution in [3.05, 3.63) is 35.6 Å². The number of halogens is 4. The van der Waals surface area contributed by atoms with Crippen LogP contribution in [0.3, 0.4) is 0 Å². The van der Waals surface area contributed by atoms with Crippen LogP contribution in [-0.2, 0) is 4.79 Å². The Balaban J connectivity index is 2.69. The molecule has 1 rings (SSSR count). The number of amides is 1. The van der Waals surface area contributed by atoms with Gasteiger partial charge in [0.1, 0.15) is 5.82 Å². The molecule has 0 aliphatic heterocycles. The normalized spacial score (nSPS) is 13.3. The fraction of sp³-hybridized carbons (Fsp3) is 0.300. The Labute approximate surface area is 89.3 Å². The van der Waals surface area contributed by atoms with Gasteiger partial charge < -0.3 is 5.32 Å². The molecule has 0 spiro atoms. The molecule has 0 saturated carbocycles. The zero-order chi connectivity index (χ0) is 12.3. The van der Waals surface area contributed by atoms with E-state index in [0.29, 0.717) is 5.56 Å². The van der Waals surface area contributed by atoms with E-state index >= 15 is 0 Å². The van der Waals surface area contributed by atoms with Gasteiger partial charge in [-0.05, 0) is 24.6 Å². The molecule has 0 aliphatic carbocycles. The van der Waals surface area contributed by atoms with Gasteiger partial charge in [0, 0.05) is 0 Å². The summed E-state index contributed by atoms with van der Waals surface area (Å²) in [6.07, 6.45) is -4.91. The van der Waals surface area contributed by atoms with Gasteiger partial charge in [-0.3, -0.25) is 4.79 Å². The molecule has 0 radical (unpaired) electrons. The molecule has 6 heteroatoms. The number of nitrogens with one attached hydrogen (secondary N) is 1. The number of carbonyl (C=O) groups is 1. The van der Waals surface area contributed by atoms with E-state index in [1.165, 1.54) is 19.1 Å². The third-order valence-corrected chi connectivity index (χ3v) is 1.98. The summed E-state index contributed by atoms with van der Waals surface area (Å²) in [5, 5.41) is 1.77. The van der Waals surface area contributed by atoms with E-state index < -0.39 is 23.9 Å². The Morgan fingerprint density at radius 3 is 2.19 bits per heavy atom. The highest BCUT2D eigenvalue weighted by atomic mass is 19.4. The van der Waals surface area contributed by atoms with Crippen LogP contribution in [0.15, 0.2) is 24.3 Å². The van der Waals surface area contributed by atoms with E-state index in [-0.39, 0.29) is 0 Å². The van der Waals surface area contributed by atoms with E-state index in [9.17, 15) is 22.4 Å². The minimum Gasteiger partial charge on any atom is -0.342 e. The molecule has 0 saturated heterocycles. The third-order valence-electron chi connectivity index (χ3n) is 1.98. The number of benzene rings is 1. The Kier molecular flexibility index (Phi) is 3.51. The van der Waals surface area contributed by atoms with Crippen LogP contribution >= 0.6 is 0 Å². The summed E-state index contributed by atoms with van der Waals surface area (Å²) in [6, 6.07) is 4.04. The van der Waals surface area contributed by atoms with Crippen molar-refractivity contribution in [2.24, 2.45) is 0 Å². The van der Waals surface area contributed by atoms with Crippen LogP contribution in [0.2, 0.25) is 0 Å². The Morgan fingerprint density at radius 1 is 1.25 bits per heavy atom. The maximum absolute atomic E-state index is 12.5. The standard InChI is InChI=1S/C10H9F4NO/c1-6(15-9(16)10(12,13)14)7-2-4-8(11)5-3-7/h2-6H,1H3,(H,15,16)/t6-/m0/s1. The Hall–Kier alpha value is -1.59. The van der Waals surface area contributed by atoms with Crippen LogP contribution in [0.5, 0.6) is 0 Å². The molecule has 0 aliphatic rings. The van der Waals surface area contributed by atoms with Crippen molar-refractivity contribution in [3.8, 4) is 0 Å². The second-order valence-electron chi connectivity index (χ2n) is 3.24. The maximum atomic E-state index is 12.5. The van der Waals surface area contributed by atoms with Gasteiger partial charge in [0.15, 0.2) is 0 Å². The number of alkyl halides is 3. The van der Waals surface area contributed by atoms with E-state index in [0.717, 1.165) is 12.1 Å². The van der Waals surface area contributed by atoms with Crippen LogP contribution in [0.1, 0.15) is 18.5 Å². The molecule has 0 heterocycles. The lowest BCUT2D eigenvalue weighted by Gasteiger charge is -2.15. The molecule has 0 unspecified atom stereocenters. The van der Waals surface area contributed by atoms with Crippen molar-refractivity contribution in [1.29, 1.82) is 0 Å². The molecule has 0 aromatic heterocycles. The van der Waals surface area contributed by atoms with Crippen LogP contribution < -0.4 is 5.32 Å². The average Bonchev–Trinajstić information content (AvgIpc) is 2.17. The first-order valence-electron chi connectivity index (χ1n) is 4.44. The Morgan fingerprint density at radius 2 is 1.75 bits per heavy atom. The molecule has 16 heavy (non-hydrogen) atoms. The summed E-state index contributed by atoms with van der Waals surface area (Å²) in [5.74, 6) is -2.50. The molecular formula is C10H9F4NO. The summed E-state index contributed by atoms with van der Waals surface area (Å²) in [4.78, 5) is 10.6. The van der Waals surface area contributed by atoms with Crippen molar-refractivity contribution in [2.45, 2.75) is 19.1 Å². The molecule has 2 nitrogen and oxygen atoms in total. The van der Waals surface area contributed by atoms with Gasteiger partial charge in [0.05, 0.1) is 6.04 Å². The number of rotatable bonds is 2. The highest BCUT2D eigenvalue weighted by Crippen LogP contribution is 2.18. The predicted octanol–water partition coefficient (Wildman–Crippen LogP) is 2.57. The molecule has 1 aromatic carbocycles. The number of carbonyl (C=O) groups excluding carboxylic acids is 1. The highest BCUT2D eigenvalue weighted by molar-refractivity contribution is 5.82. The van der Waals surface area contributed by atoms with Crippen molar-refractivity contribution >= 4 is 5.91 Å². The molecule has 1 amide bonds. The molecule has 0 bridgehead atoms. The van der Waals surface area contributed by atoms with Crippen LogP contribution in [0.4, 0.5) is 17.6 Å². The number of hydrogen-bond donors (Lipinski definition) is 1. The minimum absolute atomic E-state index is 0.402. The van der Waals surface area contributed by atoms with Gasteiger partial charge >= 0.3 is 12.1 Å². The van der Waals surface area contributed by atoms with E-state index in [2.05, 4.69) is 0 Å². The minimum atomic E-state index is -4.91. The van der Waals surface area contributed by atoms with Gasteiger partial charge in [-0.1, -0.05) is 12.1 Å². The lowest BCUT2D eigenvalue weighted by atomic mass is 10.1. The van der Waals surface area contributed by atoms with Crippen molar-refractivity contribution in [1.82, 2.24) is 5.32 Å². The third kappa shape index (κ3) is 3.22. The summed E-state index contributed by atoms with van der Waals surface area (Å²) in [6.45, 7) is 1.39. The van der Waals surface area contributed by atoms with E-state index in [4.69, 9.17) is 0 Å². The van der Waals surface area contributed by atoms with Crippen molar-refractivity contribution in [3.63, 3.8) is 0 Å². The Bertz CT molecular complexity index is 371. The zero-order valence-electron chi connectivity index (χ0n) is 8.31. The SMILES string of the molecule is C[C@H](NC(=O)C(F)(F)F)c1ccc(F)cc1. The first kappa shape index (κ1) is 12.5. The second kappa shape index (κ2) is 4.51. The lowest BCUT2D eigenvalue weighted by molar-refractivity contribution is -0.174. The van der Waals surface area contributed by atoms with E-state index in [1.54, 1.807) is 5.32 Å². The monoisotopic (exact) mass is 235 g/mol. The highest BCUT2D eigenvalue weighted by Gasteiger charge is 2.39. The van der Waals surface area contributed by atoms with Gasteiger partial charge in [0.2, 0.25) is 0 Å². The van der Waals surface area contributed by atoms with Crippen molar-refractivity contribution < 1.29 is 22.4 Å². The summed E-state index contributed by atoms with van der Waals surface area (Å²) >= 11 is 0. The van der Waals surface area contributed by atoms with Gasteiger partial charge in [-0.2, -0.15) is 13.2 Å². The molecule has 1 atom stereocenters. The van der Waals surface area contributed by atoms with Crippen molar-refractivity contribution in [2.75, 3.05) is 0 Å². The fourth-order valence-electron chi connectivity index (χ4n) is 1.11. The van der Waals surface area contributed by atoms with Crippen LogP contribution in [0.25, 0.3) is 0 Å². The van der Waals surface area contributed by atoms with Crippen LogP contribution in [-0.4, -0.2) is 12.1 Å².